The lowest BCUT2D eigenvalue weighted by Gasteiger charge is -2.07. The summed E-state index contributed by atoms with van der Waals surface area (Å²) >= 11 is 3.31. The van der Waals surface area contributed by atoms with E-state index in [9.17, 15) is 9.59 Å². The number of ether oxygens (including phenoxy) is 2. The fourth-order valence-electron chi connectivity index (χ4n) is 1.86. The van der Waals surface area contributed by atoms with Gasteiger partial charge >= 0.3 is 5.97 Å². The van der Waals surface area contributed by atoms with Crippen molar-refractivity contribution >= 4 is 34.0 Å². The van der Waals surface area contributed by atoms with Crippen molar-refractivity contribution in [2.75, 3.05) is 13.7 Å². The molecule has 0 aliphatic rings. The Morgan fingerprint density at radius 1 is 1.24 bits per heavy atom. The highest BCUT2D eigenvalue weighted by Crippen LogP contribution is 2.21. The van der Waals surface area contributed by atoms with Crippen LogP contribution in [0.25, 0.3) is 0 Å². The maximum atomic E-state index is 12.0. The number of amides is 1. The minimum Gasteiger partial charge on any atom is -0.497 e. The van der Waals surface area contributed by atoms with Gasteiger partial charge in [0.05, 0.1) is 13.3 Å². The topological polar surface area (TPSA) is 97.2 Å². The molecule has 0 saturated heterocycles. The van der Waals surface area contributed by atoms with Crippen molar-refractivity contribution in [1.29, 1.82) is 0 Å². The zero-order valence-corrected chi connectivity index (χ0v) is 14.8. The molecule has 2 N–H and O–H groups in total. The molecule has 0 heterocycles. The second-order valence-corrected chi connectivity index (χ2v) is 5.71. The lowest BCUT2D eigenvalue weighted by Crippen LogP contribution is -2.17. The van der Waals surface area contributed by atoms with Crippen molar-refractivity contribution in [3.05, 3.63) is 58.1 Å². The number of halogens is 1. The third-order valence-electron chi connectivity index (χ3n) is 3.04. The van der Waals surface area contributed by atoms with E-state index in [0.29, 0.717) is 22.6 Å². The Bertz CT molecular complexity index is 790. The van der Waals surface area contributed by atoms with Gasteiger partial charge in [-0.25, -0.2) is 10.2 Å². The van der Waals surface area contributed by atoms with Gasteiger partial charge in [-0.2, -0.15) is 5.10 Å². The summed E-state index contributed by atoms with van der Waals surface area (Å²) in [6, 6.07) is 11.6. The predicted molar refractivity (Wildman–Crippen MR) is 95.3 cm³/mol. The Hall–Kier alpha value is -2.87. The van der Waals surface area contributed by atoms with Crippen molar-refractivity contribution < 1.29 is 24.2 Å². The van der Waals surface area contributed by atoms with Gasteiger partial charge in [0.15, 0.2) is 6.61 Å². The first-order valence-corrected chi connectivity index (χ1v) is 7.90. The first-order valence-electron chi connectivity index (χ1n) is 7.11. The van der Waals surface area contributed by atoms with Crippen molar-refractivity contribution in [1.82, 2.24) is 5.43 Å². The van der Waals surface area contributed by atoms with Gasteiger partial charge in [0, 0.05) is 15.6 Å². The number of hydrogen-bond donors (Lipinski definition) is 2. The smallest absolute Gasteiger partial charge is 0.341 e. The molecule has 0 radical (unpaired) electrons. The Morgan fingerprint density at radius 3 is 2.60 bits per heavy atom. The van der Waals surface area contributed by atoms with E-state index >= 15 is 0 Å². The van der Waals surface area contributed by atoms with E-state index in [1.165, 1.54) is 6.21 Å². The summed E-state index contributed by atoms with van der Waals surface area (Å²) < 4.78 is 11.0. The lowest BCUT2D eigenvalue weighted by molar-refractivity contribution is -0.139. The number of carbonyl (C=O) groups is 2. The standard InChI is InChI=1S/C17H15BrN2O5/c1-24-14-5-2-11(3-6-14)17(23)20-19-9-12-8-13(18)4-7-15(12)25-10-16(21)22/h2-9H,10H2,1H3,(H,20,23)(H,21,22)/b19-9-. The van der Waals surface area contributed by atoms with E-state index in [1.807, 2.05) is 0 Å². The van der Waals surface area contributed by atoms with Crippen LogP contribution >= 0.6 is 15.9 Å². The highest BCUT2D eigenvalue weighted by atomic mass is 79.9. The summed E-state index contributed by atoms with van der Waals surface area (Å²) in [5.41, 5.74) is 3.34. The average Bonchev–Trinajstić information content (AvgIpc) is 2.61. The van der Waals surface area contributed by atoms with Crippen molar-refractivity contribution in [2.45, 2.75) is 0 Å². The largest absolute Gasteiger partial charge is 0.497 e. The maximum Gasteiger partial charge on any atom is 0.341 e. The zero-order valence-electron chi connectivity index (χ0n) is 13.2. The molecular formula is C17H15BrN2O5. The first-order chi connectivity index (χ1) is 12.0. The van der Waals surface area contributed by atoms with Crippen LogP contribution in [-0.4, -0.2) is 36.9 Å². The number of nitrogens with zero attached hydrogens (tertiary/aromatic N) is 1. The minimum atomic E-state index is -1.08. The number of nitrogens with one attached hydrogen (secondary N) is 1. The number of carboxylic acid groups (broad SMARTS) is 1. The Kier molecular flexibility index (Phi) is 6.53. The van der Waals surface area contributed by atoms with E-state index in [4.69, 9.17) is 14.6 Å². The number of methoxy groups -OCH3 is 1. The fourth-order valence-corrected chi connectivity index (χ4v) is 2.24. The lowest BCUT2D eigenvalue weighted by atomic mass is 10.2. The van der Waals surface area contributed by atoms with Gasteiger partial charge in [-0.15, -0.1) is 0 Å². The van der Waals surface area contributed by atoms with Crippen LogP contribution in [0.1, 0.15) is 15.9 Å². The quantitative estimate of drug-likeness (QED) is 0.544. The number of hydrazone groups is 1. The molecule has 0 spiro atoms. The monoisotopic (exact) mass is 406 g/mol. The number of carbonyl (C=O) groups excluding carboxylic acids is 1. The second-order valence-electron chi connectivity index (χ2n) is 4.79. The van der Waals surface area contributed by atoms with Crippen molar-refractivity contribution in [3.63, 3.8) is 0 Å². The molecule has 2 aromatic carbocycles. The molecule has 0 atom stereocenters. The second kappa shape index (κ2) is 8.84. The molecule has 0 bridgehead atoms. The van der Waals surface area contributed by atoms with Gasteiger partial charge in [0.25, 0.3) is 5.91 Å². The molecule has 2 aromatic rings. The normalized spacial score (nSPS) is 10.5. The molecule has 0 aliphatic carbocycles. The zero-order chi connectivity index (χ0) is 18.2. The number of carboxylic acids is 1. The average molecular weight is 407 g/mol. The minimum absolute atomic E-state index is 0.341. The van der Waals surface area contributed by atoms with Crippen molar-refractivity contribution in [2.24, 2.45) is 5.10 Å². The third kappa shape index (κ3) is 5.61. The Labute approximate surface area is 152 Å². The molecule has 0 unspecified atom stereocenters. The summed E-state index contributed by atoms with van der Waals surface area (Å²) in [5, 5.41) is 12.6. The highest BCUT2D eigenvalue weighted by Gasteiger charge is 2.07. The van der Waals surface area contributed by atoms with Crippen LogP contribution in [0.15, 0.2) is 52.0 Å². The van der Waals surface area contributed by atoms with Gasteiger partial charge in [-0.1, -0.05) is 15.9 Å². The summed E-state index contributed by atoms with van der Waals surface area (Å²) in [6.07, 6.45) is 1.38. The number of benzene rings is 2. The van der Waals surface area contributed by atoms with E-state index in [0.717, 1.165) is 4.47 Å². The first kappa shape index (κ1) is 18.5. The number of aliphatic carboxylic acids is 1. The molecule has 0 aliphatic heterocycles. The van der Waals surface area contributed by atoms with Crippen LogP contribution in [-0.2, 0) is 4.79 Å². The van der Waals surface area contributed by atoms with Gasteiger partial charge in [-0.05, 0) is 42.5 Å². The molecule has 8 heteroatoms. The van der Waals surface area contributed by atoms with Gasteiger partial charge in [0.2, 0.25) is 0 Å². The maximum absolute atomic E-state index is 12.0. The molecular weight excluding hydrogens is 392 g/mol. The van der Waals surface area contributed by atoms with E-state index in [1.54, 1.807) is 49.6 Å². The summed E-state index contributed by atoms with van der Waals surface area (Å²) in [4.78, 5) is 22.6. The predicted octanol–water partition coefficient (Wildman–Crippen LogP) is 2.69. The Morgan fingerprint density at radius 2 is 1.96 bits per heavy atom. The van der Waals surface area contributed by atoms with Crippen molar-refractivity contribution in [3.8, 4) is 11.5 Å². The van der Waals surface area contributed by atoms with E-state index in [-0.39, 0.29) is 5.91 Å². The summed E-state index contributed by atoms with van der Waals surface area (Å²) in [5.74, 6) is -0.483. The van der Waals surface area contributed by atoms with Gasteiger partial charge < -0.3 is 14.6 Å². The van der Waals surface area contributed by atoms with Crippen LogP contribution in [0.2, 0.25) is 0 Å². The van der Waals surface area contributed by atoms with E-state index in [2.05, 4.69) is 26.5 Å². The molecule has 25 heavy (non-hydrogen) atoms. The van der Waals surface area contributed by atoms with E-state index < -0.39 is 12.6 Å². The van der Waals surface area contributed by atoms with Gasteiger partial charge in [-0.3, -0.25) is 4.79 Å². The molecule has 2 rings (SSSR count). The van der Waals surface area contributed by atoms with Crippen LogP contribution in [0.5, 0.6) is 11.5 Å². The van der Waals surface area contributed by atoms with Crippen LogP contribution in [0, 0.1) is 0 Å². The molecule has 7 nitrogen and oxygen atoms in total. The Balaban J connectivity index is 2.06. The van der Waals surface area contributed by atoms with Crippen LogP contribution in [0.3, 0.4) is 0 Å². The summed E-state index contributed by atoms with van der Waals surface area (Å²) in [7, 11) is 1.54. The third-order valence-corrected chi connectivity index (χ3v) is 3.54. The highest BCUT2D eigenvalue weighted by molar-refractivity contribution is 9.10. The molecule has 130 valence electrons. The SMILES string of the molecule is COc1ccc(C(=O)N/N=C\c2cc(Br)ccc2OCC(=O)O)cc1. The number of hydrogen-bond acceptors (Lipinski definition) is 5. The summed E-state index contributed by atoms with van der Waals surface area (Å²) in [6.45, 7) is -0.472. The molecule has 0 saturated carbocycles. The van der Waals surface area contributed by atoms with Crippen LogP contribution < -0.4 is 14.9 Å². The molecule has 1 amide bonds. The van der Waals surface area contributed by atoms with Gasteiger partial charge in [0.1, 0.15) is 11.5 Å². The number of rotatable bonds is 7. The fraction of sp³-hybridized carbons (Fsp3) is 0.118. The molecule has 0 fully saturated rings. The molecule has 0 aromatic heterocycles. The van der Waals surface area contributed by atoms with Crippen LogP contribution in [0.4, 0.5) is 0 Å².